The lowest BCUT2D eigenvalue weighted by atomic mass is 10.0. The summed E-state index contributed by atoms with van der Waals surface area (Å²) in [5, 5.41) is 0.312. The first-order valence-electron chi connectivity index (χ1n) is 8.13. The van der Waals surface area contributed by atoms with Gasteiger partial charge >= 0.3 is 5.69 Å². The Morgan fingerprint density at radius 3 is 2.76 bits per heavy atom. The Kier molecular flexibility index (Phi) is 3.93. The van der Waals surface area contributed by atoms with E-state index in [4.69, 9.17) is 4.74 Å². The van der Waals surface area contributed by atoms with Gasteiger partial charge in [-0.15, -0.1) is 0 Å². The van der Waals surface area contributed by atoms with Crippen LogP contribution in [0.4, 0.5) is 4.39 Å². The van der Waals surface area contributed by atoms with Crippen LogP contribution in [-0.2, 0) is 11.3 Å². The van der Waals surface area contributed by atoms with Crippen molar-refractivity contribution in [3.05, 3.63) is 63.2 Å². The van der Waals surface area contributed by atoms with Gasteiger partial charge in [0.15, 0.2) is 0 Å². The average Bonchev–Trinajstić information content (AvgIpc) is 3.12. The minimum absolute atomic E-state index is 0.0666. The molecule has 0 unspecified atom stereocenters. The summed E-state index contributed by atoms with van der Waals surface area (Å²) in [6.07, 6.45) is 3.30. The molecule has 25 heavy (non-hydrogen) atoms. The SMILES string of the molecule is O=c1[nH]c(=O)n(C[C@@H]2CCCO2)c2nccc(-c3ccc(F)cc3)c12. The van der Waals surface area contributed by atoms with Crippen molar-refractivity contribution in [3.63, 3.8) is 0 Å². The highest BCUT2D eigenvalue weighted by molar-refractivity contribution is 5.91. The molecule has 3 aromatic rings. The molecule has 0 saturated carbocycles. The minimum atomic E-state index is -0.504. The monoisotopic (exact) mass is 341 g/mol. The zero-order valence-electron chi connectivity index (χ0n) is 13.4. The summed E-state index contributed by atoms with van der Waals surface area (Å²) in [7, 11) is 0. The Hall–Kier alpha value is -2.80. The minimum Gasteiger partial charge on any atom is -0.376 e. The van der Waals surface area contributed by atoms with Gasteiger partial charge in [0.25, 0.3) is 5.56 Å². The number of nitrogens with one attached hydrogen (secondary N) is 1. The van der Waals surface area contributed by atoms with Crippen molar-refractivity contribution in [2.45, 2.75) is 25.5 Å². The molecule has 0 bridgehead atoms. The van der Waals surface area contributed by atoms with Crippen LogP contribution in [0.1, 0.15) is 12.8 Å². The summed E-state index contributed by atoms with van der Waals surface area (Å²) in [5.74, 6) is -0.355. The summed E-state index contributed by atoms with van der Waals surface area (Å²) in [6.45, 7) is 1.01. The number of ether oxygens (including phenoxy) is 1. The topological polar surface area (TPSA) is 77.0 Å². The van der Waals surface area contributed by atoms with E-state index in [1.165, 1.54) is 16.7 Å². The van der Waals surface area contributed by atoms with E-state index < -0.39 is 11.2 Å². The molecule has 1 N–H and O–H groups in total. The van der Waals surface area contributed by atoms with Gasteiger partial charge in [-0.05, 0) is 42.2 Å². The molecule has 1 atom stereocenters. The maximum Gasteiger partial charge on any atom is 0.330 e. The van der Waals surface area contributed by atoms with E-state index >= 15 is 0 Å². The first kappa shape index (κ1) is 15.7. The largest absolute Gasteiger partial charge is 0.376 e. The van der Waals surface area contributed by atoms with Crippen LogP contribution < -0.4 is 11.2 Å². The number of hydrogen-bond acceptors (Lipinski definition) is 4. The summed E-state index contributed by atoms with van der Waals surface area (Å²) in [6, 6.07) is 7.54. The Balaban J connectivity index is 1.93. The molecule has 1 fully saturated rings. The van der Waals surface area contributed by atoms with Crippen LogP contribution in [0.25, 0.3) is 22.2 Å². The summed E-state index contributed by atoms with van der Waals surface area (Å²) < 4.78 is 20.2. The van der Waals surface area contributed by atoms with Crippen LogP contribution in [0, 0.1) is 5.82 Å². The van der Waals surface area contributed by atoms with E-state index in [9.17, 15) is 14.0 Å². The molecule has 0 amide bonds. The second-order valence-corrected chi connectivity index (χ2v) is 6.07. The fourth-order valence-electron chi connectivity index (χ4n) is 3.23. The molecule has 0 spiro atoms. The van der Waals surface area contributed by atoms with Crippen LogP contribution in [0.15, 0.2) is 46.1 Å². The van der Waals surface area contributed by atoms with Crippen molar-refractivity contribution in [1.29, 1.82) is 0 Å². The van der Waals surface area contributed by atoms with E-state index in [2.05, 4.69) is 9.97 Å². The van der Waals surface area contributed by atoms with Crippen molar-refractivity contribution in [1.82, 2.24) is 14.5 Å². The first-order chi connectivity index (χ1) is 12.1. The third-order valence-electron chi connectivity index (χ3n) is 4.44. The third kappa shape index (κ3) is 2.87. The molecule has 1 aromatic carbocycles. The normalized spacial score (nSPS) is 17.2. The van der Waals surface area contributed by atoms with Gasteiger partial charge in [-0.3, -0.25) is 14.3 Å². The molecule has 128 valence electrons. The van der Waals surface area contributed by atoms with Crippen molar-refractivity contribution in [3.8, 4) is 11.1 Å². The molecular formula is C18H16FN3O3. The number of benzene rings is 1. The molecule has 1 aliphatic rings. The summed E-state index contributed by atoms with van der Waals surface area (Å²) in [4.78, 5) is 31.4. The summed E-state index contributed by atoms with van der Waals surface area (Å²) in [5.41, 5.74) is 0.591. The zero-order valence-corrected chi connectivity index (χ0v) is 13.4. The Morgan fingerprint density at radius 2 is 2.04 bits per heavy atom. The molecule has 0 radical (unpaired) electrons. The van der Waals surface area contributed by atoms with Gasteiger partial charge in [0.2, 0.25) is 0 Å². The molecule has 1 aliphatic heterocycles. The van der Waals surface area contributed by atoms with E-state index in [1.54, 1.807) is 24.4 Å². The Bertz CT molecular complexity index is 1030. The predicted octanol–water partition coefficient (Wildman–Crippen LogP) is 2.07. The molecule has 7 heteroatoms. The second kappa shape index (κ2) is 6.25. The van der Waals surface area contributed by atoms with Crippen molar-refractivity contribution >= 4 is 11.0 Å². The molecule has 3 heterocycles. The third-order valence-corrected chi connectivity index (χ3v) is 4.44. The fraction of sp³-hybridized carbons (Fsp3) is 0.278. The maximum absolute atomic E-state index is 13.2. The molecule has 2 aromatic heterocycles. The lowest BCUT2D eigenvalue weighted by Gasteiger charge is -2.14. The number of rotatable bonds is 3. The quantitative estimate of drug-likeness (QED) is 0.791. The van der Waals surface area contributed by atoms with Crippen molar-refractivity contribution < 1.29 is 9.13 Å². The number of aromatic amines is 1. The standard InChI is InChI=1S/C18H16FN3O3/c19-12-5-3-11(4-6-12)14-7-8-20-16-15(14)17(23)21-18(24)22(16)10-13-2-1-9-25-13/h3-8,13H,1-2,9-10H2,(H,21,23,24)/t13-/m0/s1. The highest BCUT2D eigenvalue weighted by Crippen LogP contribution is 2.25. The summed E-state index contributed by atoms with van der Waals surface area (Å²) >= 11 is 0. The molecule has 4 rings (SSSR count). The molecular weight excluding hydrogens is 325 g/mol. The zero-order chi connectivity index (χ0) is 17.4. The lowest BCUT2D eigenvalue weighted by molar-refractivity contribution is 0.0967. The highest BCUT2D eigenvalue weighted by atomic mass is 19.1. The number of hydrogen-bond donors (Lipinski definition) is 1. The maximum atomic E-state index is 13.2. The number of nitrogens with zero attached hydrogens (tertiary/aromatic N) is 2. The second-order valence-electron chi connectivity index (χ2n) is 6.07. The number of H-pyrrole nitrogens is 1. The number of pyridine rings is 1. The predicted molar refractivity (Wildman–Crippen MR) is 91.0 cm³/mol. The molecule has 6 nitrogen and oxygen atoms in total. The van der Waals surface area contributed by atoms with Crippen LogP contribution in [-0.4, -0.2) is 27.2 Å². The smallest absolute Gasteiger partial charge is 0.330 e. The highest BCUT2D eigenvalue weighted by Gasteiger charge is 2.20. The van der Waals surface area contributed by atoms with Gasteiger partial charge in [0, 0.05) is 12.8 Å². The van der Waals surface area contributed by atoms with Gasteiger partial charge in [-0.2, -0.15) is 0 Å². The van der Waals surface area contributed by atoms with Crippen LogP contribution in [0.5, 0.6) is 0 Å². The van der Waals surface area contributed by atoms with Crippen molar-refractivity contribution in [2.24, 2.45) is 0 Å². The first-order valence-corrected chi connectivity index (χ1v) is 8.13. The van der Waals surface area contributed by atoms with E-state index in [0.717, 1.165) is 12.8 Å². The molecule has 0 aliphatic carbocycles. The van der Waals surface area contributed by atoms with Crippen LogP contribution >= 0.6 is 0 Å². The average molecular weight is 341 g/mol. The number of fused-ring (bicyclic) bond motifs is 1. The fourth-order valence-corrected chi connectivity index (χ4v) is 3.23. The van der Waals surface area contributed by atoms with Crippen molar-refractivity contribution in [2.75, 3.05) is 6.61 Å². The van der Waals surface area contributed by atoms with E-state index in [0.29, 0.717) is 35.3 Å². The Morgan fingerprint density at radius 1 is 1.24 bits per heavy atom. The Labute approximate surface area is 141 Å². The van der Waals surface area contributed by atoms with E-state index in [-0.39, 0.29) is 11.9 Å². The van der Waals surface area contributed by atoms with Gasteiger partial charge in [0.05, 0.1) is 18.0 Å². The van der Waals surface area contributed by atoms with E-state index in [1.807, 2.05) is 0 Å². The lowest BCUT2D eigenvalue weighted by Crippen LogP contribution is -2.34. The van der Waals surface area contributed by atoms with Crippen LogP contribution in [0.2, 0.25) is 0 Å². The van der Waals surface area contributed by atoms with Gasteiger partial charge < -0.3 is 4.74 Å². The number of halogens is 1. The van der Waals surface area contributed by atoms with Gasteiger partial charge in [-0.1, -0.05) is 12.1 Å². The van der Waals surface area contributed by atoms with Crippen LogP contribution in [0.3, 0.4) is 0 Å². The number of aromatic nitrogens is 3. The van der Waals surface area contributed by atoms with Gasteiger partial charge in [0.1, 0.15) is 11.5 Å². The molecule has 1 saturated heterocycles. The van der Waals surface area contributed by atoms with Gasteiger partial charge in [-0.25, -0.2) is 14.2 Å².